The summed E-state index contributed by atoms with van der Waals surface area (Å²) in [5.74, 6) is 0. The highest BCUT2D eigenvalue weighted by Crippen LogP contribution is 2.19. The number of hydrogen-bond donors (Lipinski definition) is 1. The minimum Gasteiger partial charge on any atom is -0.351 e. The Hall–Kier alpha value is -0.560. The van der Waals surface area contributed by atoms with Crippen molar-refractivity contribution in [3.63, 3.8) is 0 Å². The van der Waals surface area contributed by atoms with Gasteiger partial charge in [-0.3, -0.25) is 0 Å². The van der Waals surface area contributed by atoms with Crippen LogP contribution in [0.1, 0.15) is 13.8 Å². The van der Waals surface area contributed by atoms with Gasteiger partial charge in [0, 0.05) is 7.11 Å². The molecule has 0 aromatic heterocycles. The monoisotopic (exact) mass is 194 g/mol. The molecule has 0 fully saturated rings. The van der Waals surface area contributed by atoms with E-state index in [0.717, 1.165) is 13.1 Å². The smallest absolute Gasteiger partial charge is 0.351 e. The molecule has 0 rings (SSSR count). The van der Waals surface area contributed by atoms with E-state index in [4.69, 9.17) is 5.26 Å². The Kier molecular flexibility index (Phi) is 15.2. The van der Waals surface area contributed by atoms with Gasteiger partial charge in [-0.1, -0.05) is 13.8 Å². The first kappa shape index (κ1) is 14.0. The van der Waals surface area contributed by atoms with E-state index in [1.165, 1.54) is 13.4 Å². The maximum atomic E-state index is 9.93. The lowest BCUT2D eigenvalue weighted by Gasteiger charge is -1.87. The third-order valence-electron chi connectivity index (χ3n) is 0.796. The van der Waals surface area contributed by atoms with Crippen LogP contribution in [0.15, 0.2) is 0 Å². The Labute approximate surface area is 73.6 Å². The van der Waals surface area contributed by atoms with Crippen molar-refractivity contribution in [2.24, 2.45) is 0 Å². The summed E-state index contributed by atoms with van der Waals surface area (Å²) in [7, 11) is -1.28. The van der Waals surface area contributed by atoms with Crippen LogP contribution in [0.3, 0.4) is 0 Å². The summed E-state index contributed by atoms with van der Waals surface area (Å²) < 4.78 is 17.8. The summed E-state index contributed by atoms with van der Waals surface area (Å²) in [5.41, 5.74) is 0. The van der Waals surface area contributed by atoms with E-state index in [1.54, 1.807) is 0 Å². The normalized spacial score (nSPS) is 10.5. The van der Waals surface area contributed by atoms with Crippen molar-refractivity contribution in [2.75, 3.05) is 20.2 Å². The second-order valence-corrected chi connectivity index (χ2v) is 2.72. The van der Waals surface area contributed by atoms with Crippen LogP contribution < -0.4 is 5.32 Å². The molecule has 0 spiro atoms. The minimum absolute atomic E-state index is 1.09. The summed E-state index contributed by atoms with van der Waals surface area (Å²) in [5, 5.41) is 10.8. The molecule has 0 aliphatic heterocycles. The van der Waals surface area contributed by atoms with Crippen molar-refractivity contribution in [2.45, 2.75) is 13.8 Å². The maximum Gasteiger partial charge on any atom is 0.377 e. The highest BCUT2D eigenvalue weighted by molar-refractivity contribution is 7.33. The van der Waals surface area contributed by atoms with E-state index in [-0.39, 0.29) is 0 Å². The van der Waals surface area contributed by atoms with Crippen molar-refractivity contribution < 1.29 is 13.6 Å². The number of nitriles is 1. The molecule has 72 valence electrons. The summed E-state index contributed by atoms with van der Waals surface area (Å²) in [4.78, 5) is 0. The van der Waals surface area contributed by atoms with Crippen molar-refractivity contribution in [1.29, 1.82) is 5.26 Å². The topological polar surface area (TPSA) is 71.3 Å². The molecular formula is C6H15N2O3P. The first-order valence-corrected chi connectivity index (χ1v) is 4.79. The molecule has 0 saturated heterocycles. The molecule has 6 heteroatoms. The Bertz CT molecular complexity index is 144. The third-order valence-corrected chi connectivity index (χ3v) is 1.39. The number of nitrogens with zero attached hydrogens (tertiary/aromatic N) is 1. The SMILES string of the molecule is CCNCC.CO[PH](=O)OC#N. The number of hydrogen-bond acceptors (Lipinski definition) is 5. The molecule has 0 aliphatic rings. The summed E-state index contributed by atoms with van der Waals surface area (Å²) in [6.07, 6.45) is 1.23. The van der Waals surface area contributed by atoms with E-state index in [2.05, 4.69) is 28.2 Å². The van der Waals surface area contributed by atoms with Crippen LogP contribution >= 0.6 is 8.25 Å². The molecule has 1 unspecified atom stereocenters. The molecule has 0 amide bonds. The Morgan fingerprint density at radius 3 is 2.08 bits per heavy atom. The van der Waals surface area contributed by atoms with Gasteiger partial charge in [0.2, 0.25) is 0 Å². The molecule has 0 aromatic carbocycles. The zero-order valence-corrected chi connectivity index (χ0v) is 8.59. The van der Waals surface area contributed by atoms with E-state index in [9.17, 15) is 4.57 Å². The second kappa shape index (κ2) is 13.1. The summed E-state index contributed by atoms with van der Waals surface area (Å²) in [6, 6.07) is 0. The fourth-order valence-corrected chi connectivity index (χ4v) is 0.487. The van der Waals surface area contributed by atoms with Crippen molar-refractivity contribution in [3.05, 3.63) is 0 Å². The standard InChI is InChI=1S/C4H11N.C2H4NO3P/c1-3-5-4-2;1-5-7(4)6-2-3/h5H,3-4H2,1-2H3;7H,1H3. The molecule has 0 aromatic rings. The number of rotatable bonds is 4. The lowest BCUT2D eigenvalue weighted by molar-refractivity contribution is 0.334. The summed E-state index contributed by atoms with van der Waals surface area (Å²) >= 11 is 0. The molecule has 1 atom stereocenters. The van der Waals surface area contributed by atoms with Gasteiger partial charge in [0.25, 0.3) is 6.26 Å². The van der Waals surface area contributed by atoms with E-state index >= 15 is 0 Å². The van der Waals surface area contributed by atoms with Crippen LogP contribution in [0.25, 0.3) is 0 Å². The van der Waals surface area contributed by atoms with Gasteiger partial charge in [0.1, 0.15) is 0 Å². The van der Waals surface area contributed by atoms with E-state index < -0.39 is 8.25 Å². The predicted octanol–water partition coefficient (Wildman–Crippen LogP) is 1.14. The van der Waals surface area contributed by atoms with Gasteiger partial charge in [-0.15, -0.1) is 5.26 Å². The van der Waals surface area contributed by atoms with Crippen LogP contribution in [-0.4, -0.2) is 20.2 Å². The second-order valence-electron chi connectivity index (χ2n) is 1.60. The summed E-state index contributed by atoms with van der Waals surface area (Å²) in [6.45, 7) is 6.39. The van der Waals surface area contributed by atoms with E-state index in [1.807, 2.05) is 0 Å². The van der Waals surface area contributed by atoms with Gasteiger partial charge in [-0.25, -0.2) is 4.57 Å². The highest BCUT2D eigenvalue weighted by Gasteiger charge is 1.88. The lowest BCUT2D eigenvalue weighted by atomic mass is 10.7. The molecule has 0 heterocycles. The molecule has 0 aliphatic carbocycles. The van der Waals surface area contributed by atoms with Crippen LogP contribution in [0.5, 0.6) is 0 Å². The van der Waals surface area contributed by atoms with Crippen molar-refractivity contribution >= 4 is 8.25 Å². The highest BCUT2D eigenvalue weighted by atomic mass is 31.1. The van der Waals surface area contributed by atoms with E-state index in [0.29, 0.717) is 0 Å². The van der Waals surface area contributed by atoms with Crippen LogP contribution in [0.4, 0.5) is 0 Å². The molecule has 0 radical (unpaired) electrons. The average molecular weight is 194 g/mol. The van der Waals surface area contributed by atoms with Gasteiger partial charge in [-0.2, -0.15) is 0 Å². The van der Waals surface area contributed by atoms with Crippen molar-refractivity contribution in [3.8, 4) is 6.26 Å². The first-order valence-electron chi connectivity index (χ1n) is 3.57. The van der Waals surface area contributed by atoms with Gasteiger partial charge in [0.05, 0.1) is 0 Å². The fraction of sp³-hybridized carbons (Fsp3) is 0.833. The predicted molar refractivity (Wildman–Crippen MR) is 46.9 cm³/mol. The molecule has 5 nitrogen and oxygen atoms in total. The van der Waals surface area contributed by atoms with Gasteiger partial charge in [-0.05, 0) is 13.1 Å². The molecule has 0 bridgehead atoms. The van der Waals surface area contributed by atoms with Crippen LogP contribution in [0, 0.1) is 11.5 Å². The largest absolute Gasteiger partial charge is 0.377 e. The molecule has 0 saturated carbocycles. The van der Waals surface area contributed by atoms with Gasteiger partial charge < -0.3 is 14.4 Å². The number of nitrogens with one attached hydrogen (secondary N) is 1. The Morgan fingerprint density at radius 1 is 1.50 bits per heavy atom. The van der Waals surface area contributed by atoms with Gasteiger partial charge >= 0.3 is 8.25 Å². The molecular weight excluding hydrogens is 179 g/mol. The average Bonchev–Trinajstić information content (AvgIpc) is 2.07. The molecule has 12 heavy (non-hydrogen) atoms. The quantitative estimate of drug-likeness (QED) is 0.536. The Morgan fingerprint density at radius 2 is 2.00 bits per heavy atom. The first-order chi connectivity index (χ1) is 5.72. The van der Waals surface area contributed by atoms with Crippen LogP contribution in [0.2, 0.25) is 0 Å². The van der Waals surface area contributed by atoms with Gasteiger partial charge in [0.15, 0.2) is 0 Å². The maximum absolute atomic E-state index is 9.93. The minimum atomic E-state index is -2.49. The lowest BCUT2D eigenvalue weighted by Crippen LogP contribution is -2.09. The van der Waals surface area contributed by atoms with Crippen LogP contribution in [-0.2, 0) is 13.6 Å². The third kappa shape index (κ3) is 16.2. The molecule has 1 N–H and O–H groups in total. The Balaban J connectivity index is 0. The van der Waals surface area contributed by atoms with Crippen molar-refractivity contribution in [1.82, 2.24) is 5.32 Å². The zero-order valence-electron chi connectivity index (χ0n) is 7.59. The zero-order chi connectivity index (χ0) is 9.82. The fourth-order valence-electron chi connectivity index (χ4n) is 0.329.